The standard InChI is InChI=1S/C14H23N5O/c1-9(2)7-16-12-11(6-15)13(20-5)19-14(18-12)17-8-10(3)4/h9-10H,7-8H2,1-5H3,(H2,16,17,18,19). The van der Waals surface area contributed by atoms with E-state index in [1.165, 1.54) is 7.11 Å². The Morgan fingerprint density at radius 1 is 1.10 bits per heavy atom. The molecule has 0 radical (unpaired) electrons. The summed E-state index contributed by atoms with van der Waals surface area (Å²) in [5.74, 6) is 2.21. The highest BCUT2D eigenvalue weighted by atomic mass is 16.5. The van der Waals surface area contributed by atoms with Crippen LogP contribution >= 0.6 is 0 Å². The van der Waals surface area contributed by atoms with Crippen molar-refractivity contribution in [3.63, 3.8) is 0 Å². The van der Waals surface area contributed by atoms with Crippen LogP contribution in [0.2, 0.25) is 0 Å². The van der Waals surface area contributed by atoms with Crippen molar-refractivity contribution >= 4 is 11.8 Å². The lowest BCUT2D eigenvalue weighted by atomic mass is 10.2. The van der Waals surface area contributed by atoms with Gasteiger partial charge < -0.3 is 15.4 Å². The summed E-state index contributed by atoms with van der Waals surface area (Å²) in [6.07, 6.45) is 0. The highest BCUT2D eigenvalue weighted by Gasteiger charge is 2.15. The number of methoxy groups -OCH3 is 1. The molecule has 1 aromatic rings. The molecule has 0 fully saturated rings. The molecular weight excluding hydrogens is 254 g/mol. The Kier molecular flexibility index (Phi) is 6.04. The highest BCUT2D eigenvalue weighted by Crippen LogP contribution is 2.24. The number of nitriles is 1. The first kappa shape index (κ1) is 16.0. The van der Waals surface area contributed by atoms with Gasteiger partial charge in [0, 0.05) is 13.1 Å². The van der Waals surface area contributed by atoms with Gasteiger partial charge in [0.25, 0.3) is 0 Å². The summed E-state index contributed by atoms with van der Waals surface area (Å²) in [4.78, 5) is 8.58. The Bertz CT molecular complexity index is 479. The normalized spacial score (nSPS) is 10.5. The van der Waals surface area contributed by atoms with Crippen LogP contribution < -0.4 is 15.4 Å². The molecule has 0 aliphatic rings. The zero-order chi connectivity index (χ0) is 15.1. The minimum Gasteiger partial charge on any atom is -0.480 e. The third kappa shape index (κ3) is 4.57. The molecule has 0 aliphatic heterocycles. The number of hydrogen-bond donors (Lipinski definition) is 2. The Morgan fingerprint density at radius 2 is 1.70 bits per heavy atom. The van der Waals surface area contributed by atoms with Gasteiger partial charge in [-0.1, -0.05) is 27.7 Å². The van der Waals surface area contributed by atoms with Gasteiger partial charge in [0.05, 0.1) is 7.11 Å². The molecular formula is C14H23N5O. The second-order valence-corrected chi connectivity index (χ2v) is 5.44. The topological polar surface area (TPSA) is 82.9 Å². The van der Waals surface area contributed by atoms with E-state index in [-0.39, 0.29) is 0 Å². The molecule has 0 bridgehead atoms. The summed E-state index contributed by atoms with van der Waals surface area (Å²) >= 11 is 0. The molecule has 0 saturated carbocycles. The zero-order valence-corrected chi connectivity index (χ0v) is 12.8. The highest BCUT2D eigenvalue weighted by molar-refractivity contribution is 5.59. The van der Waals surface area contributed by atoms with Gasteiger partial charge in [-0.3, -0.25) is 0 Å². The summed E-state index contributed by atoms with van der Waals surface area (Å²) in [7, 11) is 1.50. The number of nitrogens with zero attached hydrogens (tertiary/aromatic N) is 3. The summed E-state index contributed by atoms with van der Waals surface area (Å²) < 4.78 is 5.18. The van der Waals surface area contributed by atoms with Crippen LogP contribution in [-0.2, 0) is 0 Å². The molecule has 0 unspecified atom stereocenters. The second-order valence-electron chi connectivity index (χ2n) is 5.44. The minimum atomic E-state index is 0.292. The summed E-state index contributed by atoms with van der Waals surface area (Å²) in [5, 5.41) is 15.6. The number of rotatable bonds is 7. The van der Waals surface area contributed by atoms with Gasteiger partial charge in [0.2, 0.25) is 11.8 Å². The van der Waals surface area contributed by atoms with E-state index in [1.807, 2.05) is 0 Å². The van der Waals surface area contributed by atoms with Crippen molar-refractivity contribution < 1.29 is 4.74 Å². The number of nitrogens with one attached hydrogen (secondary N) is 2. The molecule has 0 amide bonds. The first-order valence-electron chi connectivity index (χ1n) is 6.81. The maximum atomic E-state index is 9.23. The number of ether oxygens (including phenoxy) is 1. The first-order valence-corrected chi connectivity index (χ1v) is 6.81. The van der Waals surface area contributed by atoms with E-state index in [4.69, 9.17) is 4.74 Å². The Hall–Kier alpha value is -2.03. The molecule has 0 saturated heterocycles. The monoisotopic (exact) mass is 277 g/mol. The fourth-order valence-corrected chi connectivity index (χ4v) is 1.49. The van der Waals surface area contributed by atoms with Gasteiger partial charge in [-0.05, 0) is 11.8 Å². The van der Waals surface area contributed by atoms with Crippen molar-refractivity contribution in [2.45, 2.75) is 27.7 Å². The molecule has 6 nitrogen and oxygen atoms in total. The van der Waals surface area contributed by atoms with E-state index in [9.17, 15) is 5.26 Å². The van der Waals surface area contributed by atoms with Crippen molar-refractivity contribution in [3.8, 4) is 11.9 Å². The van der Waals surface area contributed by atoms with Gasteiger partial charge in [0.1, 0.15) is 6.07 Å². The quantitative estimate of drug-likeness (QED) is 0.796. The molecule has 6 heteroatoms. The van der Waals surface area contributed by atoms with E-state index < -0.39 is 0 Å². The van der Waals surface area contributed by atoms with E-state index in [1.54, 1.807) is 0 Å². The fraction of sp³-hybridized carbons (Fsp3) is 0.643. The molecule has 0 spiro atoms. The molecule has 1 heterocycles. The average Bonchev–Trinajstić information content (AvgIpc) is 2.41. The van der Waals surface area contributed by atoms with E-state index in [2.05, 4.69) is 54.4 Å². The van der Waals surface area contributed by atoms with Crippen molar-refractivity contribution in [1.29, 1.82) is 5.26 Å². The van der Waals surface area contributed by atoms with Crippen LogP contribution in [0.15, 0.2) is 0 Å². The zero-order valence-electron chi connectivity index (χ0n) is 12.8. The third-order valence-electron chi connectivity index (χ3n) is 2.53. The molecule has 20 heavy (non-hydrogen) atoms. The predicted molar refractivity (Wildman–Crippen MR) is 80.0 cm³/mol. The summed E-state index contributed by atoms with van der Waals surface area (Å²) in [5.41, 5.74) is 0.336. The summed E-state index contributed by atoms with van der Waals surface area (Å²) in [6, 6.07) is 2.09. The van der Waals surface area contributed by atoms with Crippen molar-refractivity contribution in [2.24, 2.45) is 11.8 Å². The van der Waals surface area contributed by atoms with Crippen LogP contribution in [0.5, 0.6) is 5.88 Å². The maximum absolute atomic E-state index is 9.23. The molecule has 0 aliphatic carbocycles. The Labute approximate surface area is 120 Å². The van der Waals surface area contributed by atoms with E-state index >= 15 is 0 Å². The van der Waals surface area contributed by atoms with Gasteiger partial charge in [-0.15, -0.1) is 0 Å². The van der Waals surface area contributed by atoms with Crippen LogP contribution in [0, 0.1) is 23.2 Å². The van der Waals surface area contributed by atoms with E-state index in [0.29, 0.717) is 35.0 Å². The number of hydrogen-bond acceptors (Lipinski definition) is 6. The lowest BCUT2D eigenvalue weighted by molar-refractivity contribution is 0.396. The molecule has 1 aromatic heterocycles. The fourth-order valence-electron chi connectivity index (χ4n) is 1.49. The first-order chi connectivity index (χ1) is 9.47. The average molecular weight is 277 g/mol. The van der Waals surface area contributed by atoms with Crippen LogP contribution in [0.25, 0.3) is 0 Å². The van der Waals surface area contributed by atoms with Gasteiger partial charge in [0.15, 0.2) is 11.4 Å². The van der Waals surface area contributed by atoms with Gasteiger partial charge >= 0.3 is 0 Å². The summed E-state index contributed by atoms with van der Waals surface area (Å²) in [6.45, 7) is 9.89. The Balaban J connectivity index is 3.04. The molecule has 110 valence electrons. The van der Waals surface area contributed by atoms with Crippen LogP contribution in [-0.4, -0.2) is 30.2 Å². The smallest absolute Gasteiger partial charge is 0.238 e. The van der Waals surface area contributed by atoms with E-state index in [0.717, 1.165) is 13.1 Å². The second kappa shape index (κ2) is 7.53. The molecule has 0 aromatic carbocycles. The van der Waals surface area contributed by atoms with Gasteiger partial charge in [-0.2, -0.15) is 15.2 Å². The molecule has 1 rings (SSSR count). The molecule has 0 atom stereocenters. The number of anilines is 2. The third-order valence-corrected chi connectivity index (χ3v) is 2.53. The van der Waals surface area contributed by atoms with Crippen LogP contribution in [0.3, 0.4) is 0 Å². The lowest BCUT2D eigenvalue weighted by Gasteiger charge is -2.14. The predicted octanol–water partition coefficient (Wildman–Crippen LogP) is 2.49. The van der Waals surface area contributed by atoms with Gasteiger partial charge in [-0.25, -0.2) is 0 Å². The SMILES string of the molecule is COc1nc(NCC(C)C)nc(NCC(C)C)c1C#N. The molecule has 2 N–H and O–H groups in total. The Morgan fingerprint density at radius 3 is 2.20 bits per heavy atom. The van der Waals surface area contributed by atoms with Crippen molar-refractivity contribution in [2.75, 3.05) is 30.8 Å². The van der Waals surface area contributed by atoms with Crippen LogP contribution in [0.1, 0.15) is 33.3 Å². The van der Waals surface area contributed by atoms with Crippen molar-refractivity contribution in [3.05, 3.63) is 5.56 Å². The maximum Gasteiger partial charge on any atom is 0.238 e. The number of aromatic nitrogens is 2. The largest absolute Gasteiger partial charge is 0.480 e. The lowest BCUT2D eigenvalue weighted by Crippen LogP contribution is -2.15. The van der Waals surface area contributed by atoms with Crippen molar-refractivity contribution in [1.82, 2.24) is 9.97 Å². The van der Waals surface area contributed by atoms with Crippen LogP contribution in [0.4, 0.5) is 11.8 Å². The minimum absolute atomic E-state index is 0.292.